The molecule has 2 aromatic carbocycles. The fraction of sp³-hybridized carbons (Fsp3) is 0.133. The Hall–Kier alpha value is -2.69. The van der Waals surface area contributed by atoms with Crippen molar-refractivity contribution < 1.29 is 9.47 Å². The molecule has 0 aliphatic carbocycles. The molecular weight excluding hydrogens is 256 g/mol. The Morgan fingerprint density at radius 3 is 2.70 bits per heavy atom. The lowest BCUT2D eigenvalue weighted by atomic mass is 10.0. The third kappa shape index (κ3) is 1.53. The van der Waals surface area contributed by atoms with Gasteiger partial charge in [-0.2, -0.15) is 0 Å². The monoisotopic (exact) mass is 268 g/mol. The Kier molecular flexibility index (Phi) is 2.18. The second-order valence-corrected chi connectivity index (χ2v) is 4.79. The van der Waals surface area contributed by atoms with Gasteiger partial charge >= 0.3 is 5.69 Å². The SMILES string of the molecule is Cn1c(=O)[nH]c2cc(-c3ccc4c(c3)OCO4)ccc21. The molecular formula is C15H12N2O3. The average Bonchev–Trinajstić information content (AvgIpc) is 3.03. The Labute approximate surface area is 114 Å². The molecule has 3 aromatic rings. The van der Waals surface area contributed by atoms with E-state index in [1.807, 2.05) is 36.4 Å². The average molecular weight is 268 g/mol. The molecule has 0 saturated carbocycles. The zero-order valence-electron chi connectivity index (χ0n) is 10.8. The first-order valence-electron chi connectivity index (χ1n) is 6.31. The van der Waals surface area contributed by atoms with Gasteiger partial charge in [0.05, 0.1) is 11.0 Å². The van der Waals surface area contributed by atoms with Crippen molar-refractivity contribution in [2.45, 2.75) is 0 Å². The van der Waals surface area contributed by atoms with Crippen LogP contribution in [0, 0.1) is 0 Å². The van der Waals surface area contributed by atoms with Crippen LogP contribution in [0.3, 0.4) is 0 Å². The molecule has 5 heteroatoms. The van der Waals surface area contributed by atoms with Gasteiger partial charge in [-0.3, -0.25) is 4.57 Å². The van der Waals surface area contributed by atoms with Crippen molar-refractivity contribution >= 4 is 11.0 Å². The van der Waals surface area contributed by atoms with E-state index >= 15 is 0 Å². The number of aryl methyl sites for hydroxylation is 1. The quantitative estimate of drug-likeness (QED) is 0.736. The second kappa shape index (κ2) is 3.90. The molecule has 0 saturated heterocycles. The van der Waals surface area contributed by atoms with E-state index in [0.29, 0.717) is 0 Å². The highest BCUT2D eigenvalue weighted by Crippen LogP contribution is 2.36. The second-order valence-electron chi connectivity index (χ2n) is 4.79. The van der Waals surface area contributed by atoms with Crippen LogP contribution in [-0.4, -0.2) is 16.3 Å². The lowest BCUT2D eigenvalue weighted by Gasteiger charge is -2.04. The third-order valence-corrected chi connectivity index (χ3v) is 3.61. The summed E-state index contributed by atoms with van der Waals surface area (Å²) in [6.07, 6.45) is 0. The first-order chi connectivity index (χ1) is 9.72. The van der Waals surface area contributed by atoms with Crippen molar-refractivity contribution in [3.63, 3.8) is 0 Å². The standard InChI is InChI=1S/C15H12N2O3/c1-17-12-4-2-9(6-11(12)16-15(17)18)10-3-5-13-14(7-10)20-8-19-13/h2-7H,8H2,1H3,(H,16,18). The summed E-state index contributed by atoms with van der Waals surface area (Å²) in [4.78, 5) is 14.5. The summed E-state index contributed by atoms with van der Waals surface area (Å²) in [6.45, 7) is 0.268. The molecule has 2 heterocycles. The van der Waals surface area contributed by atoms with E-state index in [1.165, 1.54) is 0 Å². The van der Waals surface area contributed by atoms with Crippen LogP contribution in [0.5, 0.6) is 11.5 Å². The van der Waals surface area contributed by atoms with E-state index in [-0.39, 0.29) is 12.5 Å². The van der Waals surface area contributed by atoms with Crippen LogP contribution in [0.2, 0.25) is 0 Å². The lowest BCUT2D eigenvalue weighted by Crippen LogP contribution is -2.11. The predicted octanol–water partition coefficient (Wildman–Crippen LogP) is 2.26. The van der Waals surface area contributed by atoms with E-state index in [4.69, 9.17) is 9.47 Å². The maximum Gasteiger partial charge on any atom is 0.326 e. The summed E-state index contributed by atoms with van der Waals surface area (Å²) < 4.78 is 12.3. The Bertz CT molecular complexity index is 876. The van der Waals surface area contributed by atoms with Gasteiger partial charge in [0.2, 0.25) is 6.79 Å². The minimum atomic E-state index is -0.108. The van der Waals surface area contributed by atoms with Gasteiger partial charge in [-0.15, -0.1) is 0 Å². The van der Waals surface area contributed by atoms with Crippen molar-refractivity contribution in [2.75, 3.05) is 6.79 Å². The molecule has 0 atom stereocenters. The highest BCUT2D eigenvalue weighted by atomic mass is 16.7. The van der Waals surface area contributed by atoms with E-state index in [0.717, 1.165) is 33.7 Å². The highest BCUT2D eigenvalue weighted by Gasteiger charge is 2.14. The van der Waals surface area contributed by atoms with Crippen molar-refractivity contribution in [3.05, 3.63) is 46.9 Å². The molecule has 100 valence electrons. The number of fused-ring (bicyclic) bond motifs is 2. The number of hydrogen-bond donors (Lipinski definition) is 1. The Balaban J connectivity index is 1.88. The molecule has 20 heavy (non-hydrogen) atoms. The lowest BCUT2D eigenvalue weighted by molar-refractivity contribution is 0.174. The number of hydrogen-bond acceptors (Lipinski definition) is 3. The molecule has 4 rings (SSSR count). The van der Waals surface area contributed by atoms with Crippen molar-refractivity contribution in [2.24, 2.45) is 7.05 Å². The number of benzene rings is 2. The number of nitrogens with one attached hydrogen (secondary N) is 1. The number of H-pyrrole nitrogens is 1. The summed E-state index contributed by atoms with van der Waals surface area (Å²) in [5.74, 6) is 1.52. The van der Waals surface area contributed by atoms with Crippen molar-refractivity contribution in [3.8, 4) is 22.6 Å². The smallest absolute Gasteiger partial charge is 0.326 e. The summed E-state index contributed by atoms with van der Waals surface area (Å²) >= 11 is 0. The molecule has 0 bridgehead atoms. The van der Waals surface area contributed by atoms with E-state index in [1.54, 1.807) is 11.6 Å². The number of aromatic nitrogens is 2. The van der Waals surface area contributed by atoms with Crippen LogP contribution in [-0.2, 0) is 7.05 Å². The van der Waals surface area contributed by atoms with Crippen molar-refractivity contribution in [1.82, 2.24) is 9.55 Å². The summed E-state index contributed by atoms with van der Waals surface area (Å²) in [5, 5.41) is 0. The normalized spacial score (nSPS) is 13.1. The van der Waals surface area contributed by atoms with Crippen molar-refractivity contribution in [1.29, 1.82) is 0 Å². The van der Waals surface area contributed by atoms with Gasteiger partial charge in [0.25, 0.3) is 0 Å². The van der Waals surface area contributed by atoms with Crippen LogP contribution in [0.4, 0.5) is 0 Å². The molecule has 1 N–H and O–H groups in total. The number of rotatable bonds is 1. The maximum absolute atomic E-state index is 11.6. The Morgan fingerprint density at radius 1 is 1.05 bits per heavy atom. The number of nitrogens with zero attached hydrogens (tertiary/aromatic N) is 1. The minimum absolute atomic E-state index is 0.108. The van der Waals surface area contributed by atoms with Crippen LogP contribution in [0.15, 0.2) is 41.2 Å². The third-order valence-electron chi connectivity index (χ3n) is 3.61. The molecule has 0 fully saturated rings. The molecule has 0 radical (unpaired) electrons. The minimum Gasteiger partial charge on any atom is -0.454 e. The van der Waals surface area contributed by atoms with Gasteiger partial charge in [-0.05, 0) is 35.4 Å². The fourth-order valence-corrected chi connectivity index (χ4v) is 2.49. The first-order valence-corrected chi connectivity index (χ1v) is 6.31. The van der Waals surface area contributed by atoms with E-state index < -0.39 is 0 Å². The number of ether oxygens (including phenoxy) is 2. The zero-order chi connectivity index (χ0) is 13.7. The molecule has 1 aliphatic heterocycles. The zero-order valence-corrected chi connectivity index (χ0v) is 10.8. The van der Waals surface area contributed by atoms with Gasteiger partial charge in [-0.1, -0.05) is 12.1 Å². The van der Waals surface area contributed by atoms with Gasteiger partial charge in [0.1, 0.15) is 0 Å². The van der Waals surface area contributed by atoms with Gasteiger partial charge in [0, 0.05) is 7.05 Å². The van der Waals surface area contributed by atoms with Gasteiger partial charge < -0.3 is 14.5 Å². The van der Waals surface area contributed by atoms with Gasteiger partial charge in [-0.25, -0.2) is 4.79 Å². The number of imidazole rings is 1. The molecule has 0 amide bonds. The number of aromatic amines is 1. The molecule has 0 unspecified atom stereocenters. The summed E-state index contributed by atoms with van der Waals surface area (Å²) in [5.41, 5.74) is 3.66. The van der Waals surface area contributed by atoms with Crippen LogP contribution < -0.4 is 15.2 Å². The molecule has 0 spiro atoms. The predicted molar refractivity (Wildman–Crippen MR) is 75.1 cm³/mol. The largest absolute Gasteiger partial charge is 0.454 e. The van der Waals surface area contributed by atoms with Crippen LogP contribution in [0.1, 0.15) is 0 Å². The van der Waals surface area contributed by atoms with Gasteiger partial charge in [0.15, 0.2) is 11.5 Å². The summed E-state index contributed by atoms with van der Waals surface area (Å²) in [6, 6.07) is 11.7. The van der Waals surface area contributed by atoms with Crippen LogP contribution in [0.25, 0.3) is 22.2 Å². The van der Waals surface area contributed by atoms with Crippen LogP contribution >= 0.6 is 0 Å². The highest BCUT2D eigenvalue weighted by molar-refractivity contribution is 5.82. The molecule has 5 nitrogen and oxygen atoms in total. The molecule has 1 aliphatic rings. The topological polar surface area (TPSA) is 56.2 Å². The van der Waals surface area contributed by atoms with E-state index in [9.17, 15) is 4.79 Å². The first kappa shape index (κ1) is 11.2. The van der Waals surface area contributed by atoms with E-state index in [2.05, 4.69) is 4.98 Å². The maximum atomic E-state index is 11.6. The summed E-state index contributed by atoms with van der Waals surface area (Å²) in [7, 11) is 1.75. The molecule has 1 aromatic heterocycles. The Morgan fingerprint density at radius 2 is 1.80 bits per heavy atom. The fourth-order valence-electron chi connectivity index (χ4n) is 2.49.